The molecule has 52 valence electrons. The first kappa shape index (κ1) is 6.05. The maximum atomic E-state index is 2.61. The van der Waals surface area contributed by atoms with Crippen molar-refractivity contribution in [2.45, 2.75) is 24.6 Å². The first-order chi connectivity index (χ1) is 4.40. The van der Waals surface area contributed by atoms with E-state index in [1.165, 1.54) is 25.3 Å². The highest BCUT2D eigenvalue weighted by Gasteiger charge is 2.37. The van der Waals surface area contributed by atoms with Crippen molar-refractivity contribution in [3.63, 3.8) is 0 Å². The van der Waals surface area contributed by atoms with Gasteiger partial charge in [0.1, 0.15) is 0 Å². The Balaban J connectivity index is 2.01. The predicted molar refractivity (Wildman–Crippen MR) is 41.9 cm³/mol. The van der Waals surface area contributed by atoms with E-state index in [0.29, 0.717) is 0 Å². The maximum Gasteiger partial charge on any atom is 0.0197 e. The van der Waals surface area contributed by atoms with Crippen LogP contribution in [-0.2, 0) is 0 Å². The molecule has 2 aliphatic rings. The molecule has 0 unspecified atom stereocenters. The molecule has 2 rings (SSSR count). The average molecular weight is 143 g/mol. The molecule has 0 N–H and O–H groups in total. The first-order valence-corrected chi connectivity index (χ1v) is 4.80. The van der Waals surface area contributed by atoms with E-state index in [4.69, 9.17) is 0 Å². The summed E-state index contributed by atoms with van der Waals surface area (Å²) in [7, 11) is 0. The number of likely N-dealkylation sites (tertiary alicyclic amines) is 1. The third-order valence-corrected chi connectivity index (χ3v) is 3.81. The molecule has 0 aromatic heterocycles. The van der Waals surface area contributed by atoms with Gasteiger partial charge in [-0.05, 0) is 13.0 Å². The van der Waals surface area contributed by atoms with Crippen molar-refractivity contribution in [1.82, 2.24) is 4.90 Å². The van der Waals surface area contributed by atoms with Gasteiger partial charge in [0.25, 0.3) is 0 Å². The van der Waals surface area contributed by atoms with Gasteiger partial charge in [-0.25, -0.2) is 0 Å². The summed E-state index contributed by atoms with van der Waals surface area (Å²) in [6.45, 7) is 4.90. The summed E-state index contributed by atoms with van der Waals surface area (Å²) in [5.41, 5.74) is 0. The van der Waals surface area contributed by atoms with E-state index < -0.39 is 0 Å². The Hall–Kier alpha value is 0.310. The number of fused-ring (bicyclic) bond motifs is 2. The van der Waals surface area contributed by atoms with Gasteiger partial charge in [-0.2, -0.15) is 11.8 Å². The monoisotopic (exact) mass is 143 g/mol. The molecule has 0 saturated carbocycles. The first-order valence-electron chi connectivity index (χ1n) is 3.76. The van der Waals surface area contributed by atoms with E-state index in [2.05, 4.69) is 23.6 Å². The van der Waals surface area contributed by atoms with Crippen LogP contribution in [0.15, 0.2) is 0 Å². The zero-order chi connectivity index (χ0) is 6.27. The third-order valence-electron chi connectivity index (χ3n) is 2.42. The van der Waals surface area contributed by atoms with Crippen molar-refractivity contribution < 1.29 is 0 Å². The number of thioether (sulfide) groups is 1. The summed E-state index contributed by atoms with van der Waals surface area (Å²) in [5.74, 6) is 1.40. The average Bonchev–Trinajstić information content (AvgIpc) is 2.45. The van der Waals surface area contributed by atoms with Gasteiger partial charge in [-0.15, -0.1) is 0 Å². The predicted octanol–water partition coefficient (Wildman–Crippen LogP) is 1.20. The summed E-state index contributed by atoms with van der Waals surface area (Å²) in [6.07, 6.45) is 1.47. The fourth-order valence-corrected chi connectivity index (χ4v) is 3.36. The summed E-state index contributed by atoms with van der Waals surface area (Å²) in [6, 6.07) is 0.949. The van der Waals surface area contributed by atoms with E-state index >= 15 is 0 Å². The molecule has 0 spiro atoms. The summed E-state index contributed by atoms with van der Waals surface area (Å²) in [4.78, 5) is 2.61. The number of hydrogen-bond donors (Lipinski definition) is 0. The van der Waals surface area contributed by atoms with Crippen molar-refractivity contribution in [3.05, 3.63) is 0 Å². The lowest BCUT2D eigenvalue weighted by molar-refractivity contribution is 0.284. The molecule has 0 aromatic carbocycles. The lowest BCUT2D eigenvalue weighted by Crippen LogP contribution is -2.33. The van der Waals surface area contributed by atoms with Gasteiger partial charge < -0.3 is 0 Å². The highest BCUT2D eigenvalue weighted by atomic mass is 32.2. The quantitative estimate of drug-likeness (QED) is 0.542. The summed E-state index contributed by atoms with van der Waals surface area (Å²) in [5, 5.41) is 0.995. The van der Waals surface area contributed by atoms with Gasteiger partial charge in [-0.3, -0.25) is 4.90 Å². The zero-order valence-corrected chi connectivity index (χ0v) is 6.66. The van der Waals surface area contributed by atoms with Gasteiger partial charge in [0.05, 0.1) is 0 Å². The fourth-order valence-electron chi connectivity index (χ4n) is 1.87. The normalized spacial score (nSPS) is 42.3. The molecule has 0 amide bonds. The Morgan fingerprint density at radius 1 is 1.67 bits per heavy atom. The molecule has 2 fully saturated rings. The van der Waals surface area contributed by atoms with Crippen LogP contribution in [0.3, 0.4) is 0 Å². The molecule has 2 bridgehead atoms. The van der Waals surface area contributed by atoms with Gasteiger partial charge in [0.15, 0.2) is 0 Å². The van der Waals surface area contributed by atoms with Crippen LogP contribution in [0, 0.1) is 0 Å². The van der Waals surface area contributed by atoms with Gasteiger partial charge in [-0.1, -0.05) is 6.92 Å². The van der Waals surface area contributed by atoms with Crippen LogP contribution in [0.2, 0.25) is 0 Å². The number of rotatable bonds is 1. The van der Waals surface area contributed by atoms with Crippen molar-refractivity contribution >= 4 is 11.8 Å². The standard InChI is InChI=1S/C7H13NS/c1-2-8-4-7-3-6(8)5-9-7/h6-7H,2-5H2,1H3/t6-,7-/m1/s1. The Morgan fingerprint density at radius 2 is 2.56 bits per heavy atom. The molecule has 9 heavy (non-hydrogen) atoms. The van der Waals surface area contributed by atoms with Crippen LogP contribution in [0.25, 0.3) is 0 Å². The minimum absolute atomic E-state index is 0.949. The lowest BCUT2D eigenvalue weighted by Gasteiger charge is -2.24. The van der Waals surface area contributed by atoms with Crippen molar-refractivity contribution in [1.29, 1.82) is 0 Å². The molecular formula is C7H13NS. The van der Waals surface area contributed by atoms with Crippen LogP contribution in [-0.4, -0.2) is 35.0 Å². The SMILES string of the molecule is CCN1C[C@H]2C[C@@H]1CS2. The largest absolute Gasteiger partial charge is 0.299 e. The van der Waals surface area contributed by atoms with Crippen LogP contribution in [0.1, 0.15) is 13.3 Å². The van der Waals surface area contributed by atoms with Crippen LogP contribution >= 0.6 is 11.8 Å². The topological polar surface area (TPSA) is 3.24 Å². The van der Waals surface area contributed by atoms with Crippen LogP contribution < -0.4 is 0 Å². The van der Waals surface area contributed by atoms with E-state index in [9.17, 15) is 0 Å². The number of hydrogen-bond acceptors (Lipinski definition) is 2. The van der Waals surface area contributed by atoms with Gasteiger partial charge >= 0.3 is 0 Å². The fraction of sp³-hybridized carbons (Fsp3) is 1.00. The molecule has 2 heteroatoms. The van der Waals surface area contributed by atoms with Gasteiger partial charge in [0, 0.05) is 23.6 Å². The Bertz CT molecular complexity index is 115. The maximum absolute atomic E-state index is 2.61. The molecule has 0 radical (unpaired) electrons. The Kier molecular flexibility index (Phi) is 1.46. The van der Waals surface area contributed by atoms with E-state index in [0.717, 1.165) is 11.3 Å². The van der Waals surface area contributed by atoms with Crippen molar-refractivity contribution in [2.24, 2.45) is 0 Å². The molecule has 0 aliphatic carbocycles. The molecule has 2 heterocycles. The highest BCUT2D eigenvalue weighted by Crippen LogP contribution is 2.36. The molecule has 2 atom stereocenters. The smallest absolute Gasteiger partial charge is 0.0197 e. The van der Waals surface area contributed by atoms with Crippen molar-refractivity contribution in [3.8, 4) is 0 Å². The molecular weight excluding hydrogens is 130 g/mol. The molecule has 2 aliphatic heterocycles. The highest BCUT2D eigenvalue weighted by molar-refractivity contribution is 8.00. The van der Waals surface area contributed by atoms with Crippen LogP contribution in [0.5, 0.6) is 0 Å². The van der Waals surface area contributed by atoms with E-state index in [-0.39, 0.29) is 0 Å². The molecule has 2 saturated heterocycles. The second-order valence-corrected chi connectivity index (χ2v) is 4.27. The third kappa shape index (κ3) is 0.887. The molecule has 0 aromatic rings. The summed E-state index contributed by atoms with van der Waals surface area (Å²) >= 11 is 2.17. The Morgan fingerprint density at radius 3 is 2.89 bits per heavy atom. The van der Waals surface area contributed by atoms with Crippen LogP contribution in [0.4, 0.5) is 0 Å². The molecule has 1 nitrogen and oxygen atoms in total. The Labute approximate surface area is 60.8 Å². The van der Waals surface area contributed by atoms with E-state index in [1.807, 2.05) is 0 Å². The minimum atomic E-state index is 0.949. The minimum Gasteiger partial charge on any atom is -0.299 e. The zero-order valence-electron chi connectivity index (χ0n) is 5.84. The number of nitrogens with zero attached hydrogens (tertiary/aromatic N) is 1. The summed E-state index contributed by atoms with van der Waals surface area (Å²) < 4.78 is 0. The van der Waals surface area contributed by atoms with Gasteiger partial charge in [0.2, 0.25) is 0 Å². The van der Waals surface area contributed by atoms with E-state index in [1.54, 1.807) is 0 Å². The second kappa shape index (κ2) is 2.17. The lowest BCUT2D eigenvalue weighted by atomic mass is 10.2. The van der Waals surface area contributed by atoms with Crippen molar-refractivity contribution in [2.75, 3.05) is 18.8 Å². The second-order valence-electron chi connectivity index (χ2n) is 2.93.